The van der Waals surface area contributed by atoms with E-state index in [0.29, 0.717) is 32.8 Å². The second kappa shape index (κ2) is 12.9. The van der Waals surface area contributed by atoms with Crippen LogP contribution >= 0.6 is 0 Å². The molecule has 0 aromatic heterocycles. The summed E-state index contributed by atoms with van der Waals surface area (Å²) in [6.45, 7) is 8.14. The van der Waals surface area contributed by atoms with Gasteiger partial charge in [-0.15, -0.1) is 0 Å². The van der Waals surface area contributed by atoms with E-state index in [1.54, 1.807) is 0 Å². The number of carbonyl (C=O) groups is 2. The molecule has 2 N–H and O–H groups in total. The van der Waals surface area contributed by atoms with Crippen LogP contribution in [0.2, 0.25) is 0 Å². The molecule has 0 saturated carbocycles. The number of carbonyl (C=O) groups excluding carboxylic acids is 2. The number of rotatable bonds is 12. The average molecular weight is 288 g/mol. The normalized spacial score (nSPS) is 10.6. The lowest BCUT2D eigenvalue weighted by Crippen LogP contribution is -2.33. The smallest absolute Gasteiger partial charge is 0.246 e. The molecule has 20 heavy (non-hydrogen) atoms. The van der Waals surface area contributed by atoms with Crippen LogP contribution in [0.1, 0.15) is 40.0 Å². The van der Waals surface area contributed by atoms with Gasteiger partial charge in [0.05, 0.1) is 0 Å². The van der Waals surface area contributed by atoms with Crippen molar-refractivity contribution in [2.24, 2.45) is 0 Å². The summed E-state index contributed by atoms with van der Waals surface area (Å²) in [6.07, 6.45) is 2.09. The SMILES string of the molecule is CCC(=O)NCCCOCCCOCC(=O)NC(C)C. The largest absolute Gasteiger partial charge is 0.381 e. The van der Waals surface area contributed by atoms with Gasteiger partial charge in [0.15, 0.2) is 0 Å². The third-order valence-corrected chi connectivity index (χ3v) is 2.37. The third kappa shape index (κ3) is 13.3. The molecule has 0 saturated heterocycles. The van der Waals surface area contributed by atoms with E-state index in [9.17, 15) is 9.59 Å². The van der Waals surface area contributed by atoms with Gasteiger partial charge in [-0.1, -0.05) is 6.92 Å². The van der Waals surface area contributed by atoms with Crippen LogP contribution in [-0.2, 0) is 19.1 Å². The van der Waals surface area contributed by atoms with Gasteiger partial charge in [-0.3, -0.25) is 9.59 Å². The van der Waals surface area contributed by atoms with E-state index in [-0.39, 0.29) is 24.5 Å². The molecule has 0 aromatic rings. The standard InChI is InChI=1S/C14H28N2O4/c1-4-13(17)15-7-5-8-19-9-6-10-20-11-14(18)16-12(2)3/h12H,4-11H2,1-3H3,(H,15,17)(H,16,18). The van der Waals surface area contributed by atoms with E-state index < -0.39 is 0 Å². The summed E-state index contributed by atoms with van der Waals surface area (Å²) in [5.41, 5.74) is 0. The Labute approximate surface area is 121 Å². The van der Waals surface area contributed by atoms with Crippen molar-refractivity contribution in [1.82, 2.24) is 10.6 Å². The molecule has 0 aliphatic rings. The minimum absolute atomic E-state index is 0.0677. The summed E-state index contributed by atoms with van der Waals surface area (Å²) >= 11 is 0. The minimum Gasteiger partial charge on any atom is -0.381 e. The Bertz CT molecular complexity index is 270. The first-order valence-electron chi connectivity index (χ1n) is 7.27. The van der Waals surface area contributed by atoms with Crippen LogP contribution in [0.3, 0.4) is 0 Å². The van der Waals surface area contributed by atoms with E-state index in [1.165, 1.54) is 0 Å². The fraction of sp³-hybridized carbons (Fsp3) is 0.857. The van der Waals surface area contributed by atoms with Crippen LogP contribution in [0.25, 0.3) is 0 Å². The number of hydrogen-bond donors (Lipinski definition) is 2. The zero-order chi connectivity index (χ0) is 15.2. The molecule has 0 aliphatic carbocycles. The van der Waals surface area contributed by atoms with Gasteiger partial charge in [0.1, 0.15) is 6.61 Å². The number of ether oxygens (including phenoxy) is 2. The second-order valence-electron chi connectivity index (χ2n) is 4.80. The summed E-state index contributed by atoms with van der Waals surface area (Å²) in [7, 11) is 0. The summed E-state index contributed by atoms with van der Waals surface area (Å²) < 4.78 is 10.6. The van der Waals surface area contributed by atoms with Gasteiger partial charge in [-0.25, -0.2) is 0 Å². The van der Waals surface area contributed by atoms with Crippen molar-refractivity contribution in [3.63, 3.8) is 0 Å². The van der Waals surface area contributed by atoms with Gasteiger partial charge >= 0.3 is 0 Å². The summed E-state index contributed by atoms with van der Waals surface area (Å²) in [4.78, 5) is 22.2. The van der Waals surface area contributed by atoms with Gasteiger partial charge < -0.3 is 20.1 Å². The average Bonchev–Trinajstić information content (AvgIpc) is 2.39. The Kier molecular flexibility index (Phi) is 12.1. The summed E-state index contributed by atoms with van der Waals surface area (Å²) in [6, 6.07) is 0.141. The highest BCUT2D eigenvalue weighted by molar-refractivity contribution is 5.77. The molecule has 0 spiro atoms. The van der Waals surface area contributed by atoms with Crippen molar-refractivity contribution in [3.8, 4) is 0 Å². The van der Waals surface area contributed by atoms with Crippen LogP contribution in [0.5, 0.6) is 0 Å². The quantitative estimate of drug-likeness (QED) is 0.522. The van der Waals surface area contributed by atoms with Crippen molar-refractivity contribution in [1.29, 1.82) is 0 Å². The molecule has 0 aliphatic heterocycles. The van der Waals surface area contributed by atoms with Crippen molar-refractivity contribution < 1.29 is 19.1 Å². The molecule has 0 atom stereocenters. The number of amides is 2. The topological polar surface area (TPSA) is 76.7 Å². The van der Waals surface area contributed by atoms with Crippen LogP contribution in [0, 0.1) is 0 Å². The van der Waals surface area contributed by atoms with Gasteiger partial charge in [0, 0.05) is 38.8 Å². The Morgan fingerprint density at radius 3 is 2.30 bits per heavy atom. The van der Waals surface area contributed by atoms with Gasteiger partial charge in [0.25, 0.3) is 0 Å². The lowest BCUT2D eigenvalue weighted by atomic mass is 10.4. The maximum Gasteiger partial charge on any atom is 0.246 e. The monoisotopic (exact) mass is 288 g/mol. The first-order valence-corrected chi connectivity index (χ1v) is 7.27. The van der Waals surface area contributed by atoms with E-state index in [4.69, 9.17) is 9.47 Å². The van der Waals surface area contributed by atoms with Crippen LogP contribution in [-0.4, -0.2) is 50.8 Å². The van der Waals surface area contributed by atoms with E-state index >= 15 is 0 Å². The lowest BCUT2D eigenvalue weighted by molar-refractivity contribution is -0.126. The molecule has 0 aromatic carbocycles. The molecule has 0 radical (unpaired) electrons. The lowest BCUT2D eigenvalue weighted by Gasteiger charge is -2.09. The summed E-state index contributed by atoms with van der Waals surface area (Å²) in [5.74, 6) is -0.0225. The fourth-order valence-electron chi connectivity index (χ4n) is 1.42. The first kappa shape index (κ1) is 18.9. The molecular weight excluding hydrogens is 260 g/mol. The van der Waals surface area contributed by atoms with E-state index in [2.05, 4.69) is 10.6 Å². The van der Waals surface area contributed by atoms with Crippen molar-refractivity contribution in [2.75, 3.05) is 33.0 Å². The third-order valence-electron chi connectivity index (χ3n) is 2.37. The highest BCUT2D eigenvalue weighted by Gasteiger charge is 2.02. The van der Waals surface area contributed by atoms with Gasteiger partial charge in [0.2, 0.25) is 11.8 Å². The minimum atomic E-state index is -0.0902. The first-order chi connectivity index (χ1) is 9.56. The number of nitrogens with one attached hydrogen (secondary N) is 2. The van der Waals surface area contributed by atoms with Crippen LogP contribution in [0.15, 0.2) is 0 Å². The molecule has 0 heterocycles. The van der Waals surface area contributed by atoms with Gasteiger partial charge in [-0.2, -0.15) is 0 Å². The Morgan fingerprint density at radius 1 is 1.00 bits per heavy atom. The Balaban J connectivity index is 3.17. The zero-order valence-corrected chi connectivity index (χ0v) is 12.9. The van der Waals surface area contributed by atoms with E-state index in [0.717, 1.165) is 12.8 Å². The van der Waals surface area contributed by atoms with Crippen LogP contribution in [0.4, 0.5) is 0 Å². The fourth-order valence-corrected chi connectivity index (χ4v) is 1.42. The molecule has 118 valence electrons. The Morgan fingerprint density at radius 2 is 1.65 bits per heavy atom. The molecule has 0 unspecified atom stereocenters. The predicted molar refractivity (Wildman–Crippen MR) is 77.5 cm³/mol. The molecule has 2 amide bonds. The molecular formula is C14H28N2O4. The van der Waals surface area contributed by atoms with Crippen molar-refractivity contribution >= 4 is 11.8 Å². The highest BCUT2D eigenvalue weighted by Crippen LogP contribution is 1.88. The maximum absolute atomic E-state index is 11.2. The molecule has 0 bridgehead atoms. The number of hydrogen-bond acceptors (Lipinski definition) is 4. The van der Waals surface area contributed by atoms with Crippen molar-refractivity contribution in [2.45, 2.75) is 46.1 Å². The molecule has 6 heteroatoms. The van der Waals surface area contributed by atoms with Crippen LogP contribution < -0.4 is 10.6 Å². The molecule has 6 nitrogen and oxygen atoms in total. The zero-order valence-electron chi connectivity index (χ0n) is 12.9. The molecule has 0 rings (SSSR count). The van der Waals surface area contributed by atoms with E-state index in [1.807, 2.05) is 20.8 Å². The summed E-state index contributed by atoms with van der Waals surface area (Å²) in [5, 5.41) is 5.54. The van der Waals surface area contributed by atoms with Crippen molar-refractivity contribution in [3.05, 3.63) is 0 Å². The second-order valence-corrected chi connectivity index (χ2v) is 4.80. The highest BCUT2D eigenvalue weighted by atomic mass is 16.5. The van der Waals surface area contributed by atoms with Gasteiger partial charge in [-0.05, 0) is 26.7 Å². The Hall–Kier alpha value is -1.14. The predicted octanol–water partition coefficient (Wildman–Crippen LogP) is 0.851. The maximum atomic E-state index is 11.2. The molecule has 0 fully saturated rings.